The molecule has 2 N–H and O–H groups in total. The van der Waals surface area contributed by atoms with Gasteiger partial charge in [0.15, 0.2) is 5.11 Å². The van der Waals surface area contributed by atoms with Crippen molar-refractivity contribution >= 4 is 28.9 Å². The van der Waals surface area contributed by atoms with E-state index in [-0.39, 0.29) is 12.0 Å². The van der Waals surface area contributed by atoms with Gasteiger partial charge in [0.05, 0.1) is 6.10 Å². The molecule has 0 unspecified atom stereocenters. The van der Waals surface area contributed by atoms with Crippen LogP contribution in [0.1, 0.15) is 45.4 Å². The molecule has 2 rings (SSSR count). The van der Waals surface area contributed by atoms with Gasteiger partial charge >= 0.3 is 0 Å². The van der Waals surface area contributed by atoms with Crippen LogP contribution in [0.4, 0.5) is 5.69 Å². The lowest BCUT2D eigenvalue weighted by atomic mass is 10.2. The summed E-state index contributed by atoms with van der Waals surface area (Å²) in [7, 11) is 0. The van der Waals surface area contributed by atoms with Gasteiger partial charge in [0.2, 0.25) is 5.91 Å². The van der Waals surface area contributed by atoms with Gasteiger partial charge in [-0.2, -0.15) is 0 Å². The van der Waals surface area contributed by atoms with Crippen LogP contribution in [-0.2, 0) is 9.53 Å². The maximum absolute atomic E-state index is 11.7. The van der Waals surface area contributed by atoms with Crippen molar-refractivity contribution in [2.75, 3.05) is 18.5 Å². The van der Waals surface area contributed by atoms with Crippen LogP contribution in [0.5, 0.6) is 5.75 Å². The molecule has 0 bridgehead atoms. The van der Waals surface area contributed by atoms with Crippen molar-refractivity contribution in [3.63, 3.8) is 0 Å². The molecule has 24 heavy (non-hydrogen) atoms. The van der Waals surface area contributed by atoms with Crippen molar-refractivity contribution in [2.24, 2.45) is 0 Å². The van der Waals surface area contributed by atoms with E-state index in [0.29, 0.717) is 18.1 Å². The van der Waals surface area contributed by atoms with Gasteiger partial charge in [-0.15, -0.1) is 0 Å². The number of unbranched alkanes of at least 4 members (excludes halogenated alkanes) is 2. The smallest absolute Gasteiger partial charge is 0.226 e. The molecule has 1 atom stereocenters. The molecule has 1 fully saturated rings. The quantitative estimate of drug-likeness (QED) is 0.554. The number of hydrogen-bond donors (Lipinski definition) is 2. The number of hydrogen-bond acceptors (Lipinski definition) is 4. The third kappa shape index (κ3) is 6.84. The lowest BCUT2D eigenvalue weighted by Crippen LogP contribution is -2.33. The normalized spacial score (nSPS) is 16.6. The number of ether oxygens (including phenoxy) is 2. The Hall–Kier alpha value is -1.66. The minimum Gasteiger partial charge on any atom is -0.491 e. The van der Waals surface area contributed by atoms with Crippen molar-refractivity contribution in [2.45, 2.75) is 51.6 Å². The fraction of sp³-hybridized carbons (Fsp3) is 0.556. The van der Waals surface area contributed by atoms with Gasteiger partial charge in [0.1, 0.15) is 12.4 Å². The molecule has 1 aliphatic heterocycles. The number of rotatable bonds is 8. The molecule has 0 aromatic heterocycles. The van der Waals surface area contributed by atoms with E-state index in [1.165, 1.54) is 0 Å². The molecule has 0 spiro atoms. The molecule has 1 aromatic rings. The Balaban J connectivity index is 1.70. The Labute approximate surface area is 149 Å². The molecule has 1 aliphatic rings. The van der Waals surface area contributed by atoms with Crippen LogP contribution in [0.3, 0.4) is 0 Å². The van der Waals surface area contributed by atoms with Crippen LogP contribution in [0.25, 0.3) is 0 Å². The highest BCUT2D eigenvalue weighted by Crippen LogP contribution is 2.18. The highest BCUT2D eigenvalue weighted by Gasteiger charge is 2.15. The summed E-state index contributed by atoms with van der Waals surface area (Å²) in [5.74, 6) is 0.753. The van der Waals surface area contributed by atoms with Crippen LogP contribution in [-0.4, -0.2) is 30.3 Å². The molecule has 0 aliphatic carbocycles. The monoisotopic (exact) mass is 350 g/mol. The van der Waals surface area contributed by atoms with E-state index in [1.54, 1.807) is 0 Å². The molecular formula is C18H26N2O3S. The number of benzene rings is 1. The van der Waals surface area contributed by atoms with Crippen molar-refractivity contribution in [3.8, 4) is 5.75 Å². The average Bonchev–Trinajstić information content (AvgIpc) is 3.08. The SMILES string of the molecule is CCCCCC(=O)NC(=S)Nc1ccc(OC[C@H]2CCCO2)cc1. The predicted octanol–water partition coefficient (Wildman–Crippen LogP) is 3.64. The minimum atomic E-state index is -0.0440. The van der Waals surface area contributed by atoms with Crippen LogP contribution >= 0.6 is 12.2 Å². The van der Waals surface area contributed by atoms with Gasteiger partial charge in [-0.05, 0) is 55.7 Å². The first-order valence-electron chi connectivity index (χ1n) is 8.62. The molecule has 1 aromatic carbocycles. The first-order chi connectivity index (χ1) is 11.7. The standard InChI is InChI=1S/C18H26N2O3S/c1-2-3-4-7-17(21)20-18(24)19-14-8-10-15(11-9-14)23-13-16-6-5-12-22-16/h8-11,16H,2-7,12-13H2,1H3,(H2,19,20,21,24)/t16-/m1/s1. The second-order valence-electron chi connectivity index (χ2n) is 5.93. The number of carbonyl (C=O) groups is 1. The van der Waals surface area contributed by atoms with Crippen molar-refractivity contribution in [1.29, 1.82) is 0 Å². The molecule has 0 radical (unpaired) electrons. The maximum atomic E-state index is 11.7. The van der Waals surface area contributed by atoms with Gasteiger partial charge < -0.3 is 20.1 Å². The van der Waals surface area contributed by atoms with Crippen molar-refractivity contribution in [3.05, 3.63) is 24.3 Å². The molecule has 5 nitrogen and oxygen atoms in total. The summed E-state index contributed by atoms with van der Waals surface area (Å²) < 4.78 is 11.2. The zero-order valence-electron chi connectivity index (χ0n) is 14.2. The zero-order valence-corrected chi connectivity index (χ0v) is 15.0. The lowest BCUT2D eigenvalue weighted by Gasteiger charge is -2.13. The van der Waals surface area contributed by atoms with E-state index in [1.807, 2.05) is 24.3 Å². The summed E-state index contributed by atoms with van der Waals surface area (Å²) >= 11 is 5.16. The number of carbonyl (C=O) groups excluding carboxylic acids is 1. The summed E-state index contributed by atoms with van der Waals surface area (Å²) in [6.45, 7) is 3.52. The van der Waals surface area contributed by atoms with E-state index in [2.05, 4.69) is 17.6 Å². The summed E-state index contributed by atoms with van der Waals surface area (Å²) in [6, 6.07) is 7.51. The van der Waals surface area contributed by atoms with Crippen LogP contribution in [0.2, 0.25) is 0 Å². The maximum Gasteiger partial charge on any atom is 0.226 e. The summed E-state index contributed by atoms with van der Waals surface area (Å²) in [6.07, 6.45) is 5.92. The molecule has 1 amide bonds. The van der Waals surface area contributed by atoms with Crippen molar-refractivity contribution in [1.82, 2.24) is 5.32 Å². The van der Waals surface area contributed by atoms with Crippen molar-refractivity contribution < 1.29 is 14.3 Å². The van der Waals surface area contributed by atoms with Gasteiger partial charge in [0.25, 0.3) is 0 Å². The first-order valence-corrected chi connectivity index (χ1v) is 9.03. The Kier molecular flexibility index (Phi) is 7.98. The molecule has 132 valence electrons. The number of nitrogens with one attached hydrogen (secondary N) is 2. The second-order valence-corrected chi connectivity index (χ2v) is 6.34. The fourth-order valence-corrected chi connectivity index (χ4v) is 2.72. The average molecular weight is 350 g/mol. The third-order valence-corrected chi connectivity index (χ3v) is 4.04. The highest BCUT2D eigenvalue weighted by molar-refractivity contribution is 7.80. The van der Waals surface area contributed by atoms with Gasteiger partial charge in [-0.1, -0.05) is 19.8 Å². The van der Waals surface area contributed by atoms with Crippen LogP contribution in [0, 0.1) is 0 Å². The summed E-state index contributed by atoms with van der Waals surface area (Å²) in [5.41, 5.74) is 0.818. The zero-order chi connectivity index (χ0) is 17.2. The predicted molar refractivity (Wildman–Crippen MR) is 99.4 cm³/mol. The largest absolute Gasteiger partial charge is 0.491 e. The Morgan fingerprint density at radius 1 is 1.33 bits per heavy atom. The van der Waals surface area contributed by atoms with E-state index in [0.717, 1.165) is 50.1 Å². The number of anilines is 1. The van der Waals surface area contributed by atoms with Gasteiger partial charge in [0, 0.05) is 18.7 Å². The highest BCUT2D eigenvalue weighted by atomic mass is 32.1. The Morgan fingerprint density at radius 3 is 2.79 bits per heavy atom. The lowest BCUT2D eigenvalue weighted by molar-refractivity contribution is -0.119. The van der Waals surface area contributed by atoms with E-state index < -0.39 is 0 Å². The summed E-state index contributed by atoms with van der Waals surface area (Å²) in [4.78, 5) is 11.7. The molecule has 0 saturated carbocycles. The molecular weight excluding hydrogens is 324 g/mol. The third-order valence-electron chi connectivity index (χ3n) is 3.83. The fourth-order valence-electron chi connectivity index (χ4n) is 2.49. The van der Waals surface area contributed by atoms with Gasteiger partial charge in [-0.3, -0.25) is 4.79 Å². The first kappa shape index (κ1) is 18.7. The Morgan fingerprint density at radius 2 is 2.12 bits per heavy atom. The van der Waals surface area contributed by atoms with Gasteiger partial charge in [-0.25, -0.2) is 0 Å². The minimum absolute atomic E-state index is 0.0440. The Bertz CT molecular complexity index is 528. The summed E-state index contributed by atoms with van der Waals surface area (Å²) in [5, 5.41) is 6.03. The van der Waals surface area contributed by atoms with E-state index >= 15 is 0 Å². The number of amides is 1. The molecule has 1 heterocycles. The number of thiocarbonyl (C=S) groups is 1. The molecule has 6 heteroatoms. The molecule has 1 saturated heterocycles. The topological polar surface area (TPSA) is 59.6 Å². The second kappa shape index (κ2) is 10.3. The van der Waals surface area contributed by atoms with Crippen LogP contribution < -0.4 is 15.4 Å². The van der Waals surface area contributed by atoms with E-state index in [4.69, 9.17) is 21.7 Å². The van der Waals surface area contributed by atoms with E-state index in [9.17, 15) is 4.79 Å². The van der Waals surface area contributed by atoms with Crippen LogP contribution in [0.15, 0.2) is 24.3 Å².